The molecule has 1 aromatic carbocycles. The lowest BCUT2D eigenvalue weighted by Gasteiger charge is -2.10. The predicted molar refractivity (Wildman–Crippen MR) is 92.5 cm³/mol. The molecule has 9 heteroatoms. The molecule has 0 saturated heterocycles. The smallest absolute Gasteiger partial charge is 0.435 e. The number of urea groups is 1. The quantitative estimate of drug-likeness (QED) is 0.689. The molecule has 1 fully saturated rings. The Bertz CT molecular complexity index is 758. The van der Waals surface area contributed by atoms with Gasteiger partial charge >= 0.3 is 12.2 Å². The number of amides is 2. The fourth-order valence-corrected chi connectivity index (χ4v) is 2.64. The average Bonchev–Trinajstić information content (AvgIpc) is 3.38. The van der Waals surface area contributed by atoms with E-state index < -0.39 is 17.9 Å². The molecule has 146 valence electrons. The number of hydrogen-bond donors (Lipinski definition) is 2. The van der Waals surface area contributed by atoms with Gasteiger partial charge in [0.1, 0.15) is 12.4 Å². The minimum atomic E-state index is -4.46. The molecule has 2 N–H and O–H groups in total. The van der Waals surface area contributed by atoms with Crippen LogP contribution in [-0.4, -0.2) is 35.5 Å². The first-order valence-electron chi connectivity index (χ1n) is 8.78. The minimum Gasteiger partial charge on any atom is -0.492 e. The Morgan fingerprint density at radius 3 is 2.56 bits per heavy atom. The maximum atomic E-state index is 12.8. The lowest BCUT2D eigenvalue weighted by atomic mass is 10.2. The molecule has 1 aliphatic carbocycles. The van der Waals surface area contributed by atoms with Crippen LogP contribution in [0.5, 0.6) is 5.75 Å². The van der Waals surface area contributed by atoms with Crippen LogP contribution in [0.4, 0.5) is 18.0 Å². The first-order valence-corrected chi connectivity index (χ1v) is 8.78. The van der Waals surface area contributed by atoms with Crippen LogP contribution in [0, 0.1) is 0 Å². The molecule has 0 radical (unpaired) electrons. The van der Waals surface area contributed by atoms with Gasteiger partial charge in [0.25, 0.3) is 0 Å². The van der Waals surface area contributed by atoms with Crippen LogP contribution in [0.3, 0.4) is 0 Å². The van der Waals surface area contributed by atoms with E-state index in [0.29, 0.717) is 24.6 Å². The van der Waals surface area contributed by atoms with E-state index in [9.17, 15) is 18.0 Å². The lowest BCUT2D eigenvalue weighted by Crippen LogP contribution is -2.39. The van der Waals surface area contributed by atoms with Crippen LogP contribution in [0.2, 0.25) is 0 Å². The lowest BCUT2D eigenvalue weighted by molar-refractivity contribution is -0.141. The van der Waals surface area contributed by atoms with Crippen molar-refractivity contribution in [3.8, 4) is 5.75 Å². The molecular weight excluding hydrogens is 361 g/mol. The van der Waals surface area contributed by atoms with Gasteiger partial charge in [-0.25, -0.2) is 4.79 Å². The summed E-state index contributed by atoms with van der Waals surface area (Å²) in [5.74, 6) is 0.851. The summed E-state index contributed by atoms with van der Waals surface area (Å²) in [4.78, 5) is 11.8. The van der Waals surface area contributed by atoms with Crippen LogP contribution >= 0.6 is 0 Å². The zero-order valence-corrected chi connectivity index (χ0v) is 14.6. The molecule has 1 aliphatic rings. The number of nitrogens with one attached hydrogen (secondary N) is 2. The largest absolute Gasteiger partial charge is 0.492 e. The Hall–Kier alpha value is -2.71. The zero-order chi connectivity index (χ0) is 19.3. The summed E-state index contributed by atoms with van der Waals surface area (Å²) >= 11 is 0. The molecule has 0 spiro atoms. The van der Waals surface area contributed by atoms with Gasteiger partial charge in [-0.05, 0) is 31.0 Å². The number of ether oxygens (including phenoxy) is 1. The van der Waals surface area contributed by atoms with Crippen LogP contribution < -0.4 is 15.4 Å². The fraction of sp³-hybridized carbons (Fsp3) is 0.444. The van der Waals surface area contributed by atoms with Crippen molar-refractivity contribution >= 4 is 6.03 Å². The van der Waals surface area contributed by atoms with E-state index in [-0.39, 0.29) is 19.0 Å². The maximum absolute atomic E-state index is 12.8. The third kappa shape index (κ3) is 5.63. The molecule has 1 heterocycles. The van der Waals surface area contributed by atoms with E-state index in [4.69, 9.17) is 4.74 Å². The summed E-state index contributed by atoms with van der Waals surface area (Å²) in [5, 5.41) is 8.90. The third-order valence-corrected chi connectivity index (χ3v) is 4.11. The molecule has 2 amide bonds. The topological polar surface area (TPSA) is 68.2 Å². The van der Waals surface area contributed by atoms with Gasteiger partial charge in [0.15, 0.2) is 5.69 Å². The van der Waals surface area contributed by atoms with Crippen molar-refractivity contribution < 1.29 is 22.7 Å². The number of benzene rings is 1. The second-order valence-corrected chi connectivity index (χ2v) is 6.29. The second kappa shape index (κ2) is 8.32. The van der Waals surface area contributed by atoms with Crippen molar-refractivity contribution in [2.75, 3.05) is 19.7 Å². The van der Waals surface area contributed by atoms with Crippen molar-refractivity contribution in [1.82, 2.24) is 20.4 Å². The highest BCUT2D eigenvalue weighted by atomic mass is 19.4. The Morgan fingerprint density at radius 2 is 1.89 bits per heavy atom. The molecule has 1 saturated carbocycles. The number of nitrogens with zero attached hydrogens (tertiary/aromatic N) is 2. The number of para-hydroxylation sites is 1. The number of carbonyl (C=O) groups is 1. The molecule has 6 nitrogen and oxygen atoms in total. The number of halogens is 3. The van der Waals surface area contributed by atoms with E-state index >= 15 is 0 Å². The first kappa shape index (κ1) is 19.1. The van der Waals surface area contributed by atoms with E-state index in [0.717, 1.165) is 18.9 Å². The maximum Gasteiger partial charge on any atom is 0.435 e. The minimum absolute atomic E-state index is 0.137. The molecule has 27 heavy (non-hydrogen) atoms. The van der Waals surface area contributed by atoms with Gasteiger partial charge < -0.3 is 15.4 Å². The molecule has 3 rings (SSSR count). The zero-order valence-electron chi connectivity index (χ0n) is 14.6. The van der Waals surface area contributed by atoms with Gasteiger partial charge in [0, 0.05) is 18.2 Å². The van der Waals surface area contributed by atoms with Crippen molar-refractivity contribution in [1.29, 1.82) is 0 Å². The normalized spacial score (nSPS) is 14.0. The third-order valence-electron chi connectivity index (χ3n) is 4.11. The van der Waals surface area contributed by atoms with E-state index in [1.54, 1.807) is 0 Å². The van der Waals surface area contributed by atoms with Gasteiger partial charge in [0.2, 0.25) is 0 Å². The Labute approximate surface area is 154 Å². The summed E-state index contributed by atoms with van der Waals surface area (Å²) in [6, 6.07) is 9.93. The number of aromatic nitrogens is 2. The molecule has 0 bridgehead atoms. The molecule has 0 atom stereocenters. The Kier molecular flexibility index (Phi) is 5.88. The van der Waals surface area contributed by atoms with Crippen LogP contribution in [0.1, 0.15) is 30.1 Å². The number of carbonyl (C=O) groups excluding carboxylic acids is 1. The van der Waals surface area contributed by atoms with E-state index in [1.807, 2.05) is 30.3 Å². The monoisotopic (exact) mass is 382 g/mol. The SMILES string of the molecule is O=C(NCCOc1ccccc1)NCCn1nc(C(F)(F)F)cc1C1CC1. The Morgan fingerprint density at radius 1 is 1.19 bits per heavy atom. The first-order chi connectivity index (χ1) is 12.9. The summed E-state index contributed by atoms with van der Waals surface area (Å²) < 4.78 is 45.3. The van der Waals surface area contributed by atoms with Gasteiger partial charge in [0.05, 0.1) is 13.1 Å². The highest BCUT2D eigenvalue weighted by Crippen LogP contribution is 2.42. The summed E-state index contributed by atoms with van der Waals surface area (Å²) in [5.41, 5.74) is -0.298. The van der Waals surface area contributed by atoms with E-state index in [1.165, 1.54) is 4.68 Å². The summed E-state index contributed by atoms with van der Waals surface area (Å²) in [7, 11) is 0. The van der Waals surface area contributed by atoms with Gasteiger partial charge in [-0.2, -0.15) is 18.3 Å². The molecule has 0 unspecified atom stereocenters. The van der Waals surface area contributed by atoms with Crippen molar-refractivity contribution in [3.63, 3.8) is 0 Å². The molecule has 1 aromatic heterocycles. The Balaban J connectivity index is 1.39. The van der Waals surface area contributed by atoms with Crippen LogP contribution in [0.25, 0.3) is 0 Å². The molecular formula is C18H21F3N4O2. The van der Waals surface area contributed by atoms with Crippen LogP contribution in [-0.2, 0) is 12.7 Å². The number of hydrogen-bond acceptors (Lipinski definition) is 3. The van der Waals surface area contributed by atoms with Gasteiger partial charge in [-0.15, -0.1) is 0 Å². The van der Waals surface area contributed by atoms with Gasteiger partial charge in [-0.1, -0.05) is 18.2 Å². The second-order valence-electron chi connectivity index (χ2n) is 6.29. The number of alkyl halides is 3. The average molecular weight is 382 g/mol. The van der Waals surface area contributed by atoms with Crippen molar-refractivity contribution in [2.24, 2.45) is 0 Å². The standard InChI is InChI=1S/C18H21F3N4O2/c19-18(20,21)16-12-15(13-6-7-13)25(24-16)10-8-22-17(26)23-9-11-27-14-4-2-1-3-5-14/h1-5,12-13H,6-11H2,(H2,22,23,26). The van der Waals surface area contributed by atoms with Crippen LogP contribution in [0.15, 0.2) is 36.4 Å². The van der Waals surface area contributed by atoms with E-state index in [2.05, 4.69) is 15.7 Å². The van der Waals surface area contributed by atoms with Crippen molar-refractivity contribution in [3.05, 3.63) is 47.8 Å². The number of rotatable bonds is 8. The molecule has 2 aromatic rings. The van der Waals surface area contributed by atoms with Crippen molar-refractivity contribution in [2.45, 2.75) is 31.5 Å². The highest BCUT2D eigenvalue weighted by Gasteiger charge is 2.37. The predicted octanol–water partition coefficient (Wildman–Crippen LogP) is 3.16. The van der Waals surface area contributed by atoms with Gasteiger partial charge in [-0.3, -0.25) is 4.68 Å². The summed E-state index contributed by atoms with van der Waals surface area (Å²) in [6.45, 7) is 1.01. The highest BCUT2D eigenvalue weighted by molar-refractivity contribution is 5.73. The summed E-state index contributed by atoms with van der Waals surface area (Å²) in [6.07, 6.45) is -2.71. The fourth-order valence-electron chi connectivity index (χ4n) is 2.64. The molecule has 0 aliphatic heterocycles.